The molecule has 1 heterocycles. The summed E-state index contributed by atoms with van der Waals surface area (Å²) in [6.45, 7) is 9.51. The minimum absolute atomic E-state index is 0.0588. The first-order chi connectivity index (χ1) is 15.2. The summed E-state index contributed by atoms with van der Waals surface area (Å²) >= 11 is 0. The third-order valence-electron chi connectivity index (χ3n) is 5.19. The maximum atomic E-state index is 13.3. The number of nitrogens with one attached hydrogen (secondary N) is 1. The van der Waals surface area contributed by atoms with Crippen LogP contribution in [0.4, 0.5) is 10.1 Å². The summed E-state index contributed by atoms with van der Waals surface area (Å²) in [6, 6.07) is 11.8. The number of hydrogen-bond donors (Lipinski definition) is 2. The Morgan fingerprint density at radius 2 is 1.91 bits per heavy atom. The predicted molar refractivity (Wildman–Crippen MR) is 119 cm³/mol. The number of benzene rings is 2. The number of aromatic nitrogens is 1. The van der Waals surface area contributed by atoms with Crippen molar-refractivity contribution < 1.29 is 22.7 Å². The maximum Gasteiger partial charge on any atom is 0.351 e. The van der Waals surface area contributed by atoms with Gasteiger partial charge in [0.1, 0.15) is 11.5 Å². The van der Waals surface area contributed by atoms with Crippen LogP contribution >= 0.6 is 0 Å². The Labute approximate surface area is 186 Å². The number of hydrogen-bond acceptors (Lipinski definition) is 3. The zero-order chi connectivity index (χ0) is 23.5. The summed E-state index contributed by atoms with van der Waals surface area (Å²) in [7, 11) is -2.19. The molecule has 9 heteroatoms. The molecule has 3 aromatic rings. The van der Waals surface area contributed by atoms with Crippen LogP contribution in [0.15, 0.2) is 53.4 Å². The first-order valence-electron chi connectivity index (χ1n) is 9.86. The lowest BCUT2D eigenvalue weighted by Crippen LogP contribution is -2.26. The van der Waals surface area contributed by atoms with E-state index < -0.39 is 21.8 Å². The molecule has 32 heavy (non-hydrogen) atoms. The number of rotatable bonds is 8. The van der Waals surface area contributed by atoms with E-state index in [1.807, 2.05) is 6.92 Å². The third kappa shape index (κ3) is 4.56. The van der Waals surface area contributed by atoms with Gasteiger partial charge in [0.2, 0.25) is 15.7 Å². The average molecular weight is 456 g/mol. The van der Waals surface area contributed by atoms with Crippen molar-refractivity contribution in [3.8, 4) is 11.1 Å². The number of carbonyl (C=O) groups is 1. The second-order valence-electron chi connectivity index (χ2n) is 7.15. The van der Waals surface area contributed by atoms with Crippen LogP contribution in [0.2, 0.25) is 0 Å². The second kappa shape index (κ2) is 9.34. The molecule has 7 nitrogen and oxygen atoms in total. The van der Waals surface area contributed by atoms with Gasteiger partial charge in [0.25, 0.3) is 0 Å². The highest BCUT2D eigenvalue weighted by Crippen LogP contribution is 2.39. The smallest absolute Gasteiger partial charge is 0.351 e. The number of carboxylic acids is 1. The number of sulfonamides is 1. The van der Waals surface area contributed by atoms with Gasteiger partial charge in [0.15, 0.2) is 0 Å². The molecule has 0 saturated heterocycles. The molecule has 0 saturated carbocycles. The Hall–Kier alpha value is -3.48. The second-order valence-corrected chi connectivity index (χ2v) is 8.92. The molecule has 2 aromatic carbocycles. The van der Waals surface area contributed by atoms with E-state index in [2.05, 4.69) is 9.57 Å². The normalized spacial score (nSPS) is 11.3. The van der Waals surface area contributed by atoms with Gasteiger partial charge in [0, 0.05) is 24.8 Å². The molecule has 0 aliphatic heterocycles. The zero-order valence-electron chi connectivity index (χ0n) is 17.6. The number of nitrogens with zero attached hydrogens (tertiary/aromatic N) is 2. The fourth-order valence-corrected chi connectivity index (χ4v) is 4.72. The van der Waals surface area contributed by atoms with Crippen LogP contribution in [-0.4, -0.2) is 30.6 Å². The van der Waals surface area contributed by atoms with Crippen LogP contribution in [-0.2, 0) is 29.9 Å². The summed E-state index contributed by atoms with van der Waals surface area (Å²) < 4.78 is 41.8. The first kappa shape index (κ1) is 23.2. The highest BCUT2D eigenvalue weighted by Gasteiger charge is 2.25. The molecule has 0 unspecified atom stereocenters. The van der Waals surface area contributed by atoms with Gasteiger partial charge in [-0.25, -0.2) is 27.2 Å². The Kier molecular flexibility index (Phi) is 6.77. The number of carboxylic acid groups (broad SMARTS) is 1. The van der Waals surface area contributed by atoms with Crippen molar-refractivity contribution in [3.05, 3.63) is 82.7 Å². The van der Waals surface area contributed by atoms with E-state index in [4.69, 9.17) is 6.57 Å². The van der Waals surface area contributed by atoms with Crippen LogP contribution in [0.1, 0.15) is 28.7 Å². The lowest BCUT2D eigenvalue weighted by molar-refractivity contribution is 0.0687. The summed E-state index contributed by atoms with van der Waals surface area (Å²) in [5, 5.41) is 9.68. The van der Waals surface area contributed by atoms with Gasteiger partial charge in [-0.1, -0.05) is 37.3 Å². The van der Waals surface area contributed by atoms with Gasteiger partial charge in [-0.3, -0.25) is 0 Å². The molecule has 0 fully saturated rings. The van der Waals surface area contributed by atoms with Crippen LogP contribution in [0.3, 0.4) is 0 Å². The summed E-state index contributed by atoms with van der Waals surface area (Å²) in [5.74, 6) is -1.74. The zero-order valence-corrected chi connectivity index (χ0v) is 18.4. The Morgan fingerprint density at radius 1 is 1.22 bits per heavy atom. The van der Waals surface area contributed by atoms with Crippen molar-refractivity contribution in [2.24, 2.45) is 7.05 Å². The van der Waals surface area contributed by atoms with E-state index in [9.17, 15) is 22.7 Å². The van der Waals surface area contributed by atoms with Gasteiger partial charge in [0.05, 0.1) is 11.5 Å². The Morgan fingerprint density at radius 3 is 2.47 bits per heavy atom. The standard InChI is InChI=1S/C23H22FN3O4S/c1-4-19-21(25-2)20(22(23(28)29)27(19)3)16-10-8-15(9-11-16)12-13-26-32(30,31)18-7-5-6-17(24)14-18/h5-11,14,26H,4,12-13H2,1,3H3,(H,28,29). The van der Waals surface area contributed by atoms with Gasteiger partial charge < -0.3 is 9.67 Å². The van der Waals surface area contributed by atoms with Gasteiger partial charge in [-0.15, -0.1) is 0 Å². The van der Waals surface area contributed by atoms with Crippen LogP contribution in [0, 0.1) is 12.4 Å². The fraction of sp³-hybridized carbons (Fsp3) is 0.217. The van der Waals surface area contributed by atoms with Crippen molar-refractivity contribution in [1.29, 1.82) is 0 Å². The molecule has 0 aliphatic rings. The van der Waals surface area contributed by atoms with E-state index in [1.165, 1.54) is 18.2 Å². The molecule has 0 atom stereocenters. The van der Waals surface area contributed by atoms with E-state index >= 15 is 0 Å². The Balaban J connectivity index is 1.79. The number of halogens is 1. The van der Waals surface area contributed by atoms with Crippen molar-refractivity contribution in [3.63, 3.8) is 0 Å². The summed E-state index contributed by atoms with van der Waals surface area (Å²) in [6.07, 6.45) is 0.906. The topological polar surface area (TPSA) is 92.8 Å². The molecular formula is C23H22FN3O4S. The van der Waals surface area contributed by atoms with Gasteiger partial charge >= 0.3 is 5.97 Å². The monoisotopic (exact) mass is 455 g/mol. The van der Waals surface area contributed by atoms with Crippen LogP contribution < -0.4 is 4.72 Å². The Bertz CT molecular complexity index is 1310. The molecule has 166 valence electrons. The molecule has 0 amide bonds. The largest absolute Gasteiger partial charge is 0.477 e. The lowest BCUT2D eigenvalue weighted by atomic mass is 10.0. The average Bonchev–Trinajstić information content (AvgIpc) is 3.05. The highest BCUT2D eigenvalue weighted by atomic mass is 32.2. The van der Waals surface area contributed by atoms with Crippen molar-refractivity contribution in [1.82, 2.24) is 9.29 Å². The summed E-state index contributed by atoms with van der Waals surface area (Å²) in [4.78, 5) is 15.3. The quantitative estimate of drug-likeness (QED) is 0.499. The van der Waals surface area contributed by atoms with Crippen molar-refractivity contribution >= 4 is 21.7 Å². The van der Waals surface area contributed by atoms with Crippen molar-refractivity contribution in [2.75, 3.05) is 6.54 Å². The van der Waals surface area contributed by atoms with E-state index in [0.29, 0.717) is 35.3 Å². The molecule has 0 bridgehead atoms. The third-order valence-corrected chi connectivity index (χ3v) is 6.65. The lowest BCUT2D eigenvalue weighted by Gasteiger charge is -2.08. The fourth-order valence-electron chi connectivity index (χ4n) is 3.65. The summed E-state index contributed by atoms with van der Waals surface area (Å²) in [5.41, 5.74) is 2.84. The highest BCUT2D eigenvalue weighted by molar-refractivity contribution is 7.89. The SMILES string of the molecule is [C-]#[N+]c1c(-c2ccc(CCNS(=O)(=O)c3cccc(F)c3)cc2)c(C(=O)O)n(C)c1CC. The van der Waals surface area contributed by atoms with Crippen molar-refractivity contribution in [2.45, 2.75) is 24.7 Å². The molecule has 0 spiro atoms. The van der Waals surface area contributed by atoms with Gasteiger partial charge in [-0.05, 0) is 42.2 Å². The van der Waals surface area contributed by atoms with Crippen LogP contribution in [0.5, 0.6) is 0 Å². The molecule has 0 aliphatic carbocycles. The van der Waals surface area contributed by atoms with Gasteiger partial charge in [-0.2, -0.15) is 0 Å². The minimum atomic E-state index is -3.82. The minimum Gasteiger partial charge on any atom is -0.477 e. The van der Waals surface area contributed by atoms with E-state index in [-0.39, 0.29) is 17.1 Å². The molecular weight excluding hydrogens is 433 g/mol. The first-order valence-corrected chi connectivity index (χ1v) is 11.3. The predicted octanol–water partition coefficient (Wildman–Crippen LogP) is 4.16. The molecule has 0 radical (unpaired) electrons. The molecule has 3 rings (SSSR count). The van der Waals surface area contributed by atoms with E-state index in [0.717, 1.165) is 11.6 Å². The maximum absolute atomic E-state index is 13.3. The molecule has 2 N–H and O–H groups in total. The van der Waals surface area contributed by atoms with Crippen LogP contribution in [0.25, 0.3) is 16.0 Å². The van der Waals surface area contributed by atoms with E-state index in [1.54, 1.807) is 35.9 Å². The molecule has 1 aromatic heterocycles. The number of aromatic carboxylic acids is 1.